The molecule has 1 N–H and O–H groups in total. The largest absolute Gasteiger partial charge is 0.475 e. The minimum atomic E-state index is -0.144. The van der Waals surface area contributed by atoms with Crippen molar-refractivity contribution in [1.29, 1.82) is 0 Å². The van der Waals surface area contributed by atoms with Crippen LogP contribution < -0.4 is 15.6 Å². The number of aryl methyl sites for hydroxylation is 1. The first-order chi connectivity index (χ1) is 9.74. The Hall–Kier alpha value is -2.30. The number of anilines is 2. The number of hydrogen-bond acceptors (Lipinski definition) is 4. The zero-order chi connectivity index (χ0) is 14.4. The molecule has 1 aromatic carbocycles. The Balaban J connectivity index is 2.34. The number of para-hydroxylation sites is 1. The Morgan fingerprint density at radius 1 is 1.25 bits per heavy atom. The molecular weight excluding hydrogens is 254 g/mol. The van der Waals surface area contributed by atoms with Gasteiger partial charge in [0, 0.05) is 18.3 Å². The SMILES string of the molecule is CCCOc1nn(CC)c(=O)cc1Nc1ccccc1. The molecule has 0 aliphatic carbocycles. The number of hydrogen-bond donors (Lipinski definition) is 1. The Kier molecular flexibility index (Phi) is 4.76. The van der Waals surface area contributed by atoms with Crippen LogP contribution in [-0.4, -0.2) is 16.4 Å². The van der Waals surface area contributed by atoms with Crippen LogP contribution in [0, 0.1) is 0 Å². The molecule has 0 spiro atoms. The van der Waals surface area contributed by atoms with E-state index in [9.17, 15) is 4.79 Å². The number of aromatic nitrogens is 2. The van der Waals surface area contributed by atoms with Gasteiger partial charge in [-0.3, -0.25) is 4.79 Å². The van der Waals surface area contributed by atoms with Crippen LogP contribution in [0.25, 0.3) is 0 Å². The molecule has 2 rings (SSSR count). The summed E-state index contributed by atoms with van der Waals surface area (Å²) in [4.78, 5) is 11.9. The lowest BCUT2D eigenvalue weighted by molar-refractivity contribution is 0.296. The van der Waals surface area contributed by atoms with Gasteiger partial charge in [-0.2, -0.15) is 0 Å². The van der Waals surface area contributed by atoms with E-state index in [-0.39, 0.29) is 5.56 Å². The molecule has 2 aromatic rings. The molecule has 1 aromatic heterocycles. The molecule has 0 atom stereocenters. The minimum absolute atomic E-state index is 0.144. The van der Waals surface area contributed by atoms with Gasteiger partial charge in [0.05, 0.1) is 6.61 Å². The van der Waals surface area contributed by atoms with Crippen LogP contribution in [0.2, 0.25) is 0 Å². The predicted octanol–water partition coefficient (Wildman–Crippen LogP) is 2.80. The molecule has 106 valence electrons. The Morgan fingerprint density at radius 2 is 2.00 bits per heavy atom. The summed E-state index contributed by atoms with van der Waals surface area (Å²) in [6, 6.07) is 11.2. The topological polar surface area (TPSA) is 56.2 Å². The molecule has 0 saturated carbocycles. The molecule has 0 aliphatic heterocycles. The Morgan fingerprint density at radius 3 is 2.65 bits per heavy atom. The second-order valence-corrected chi connectivity index (χ2v) is 4.36. The van der Waals surface area contributed by atoms with Crippen LogP contribution in [0.3, 0.4) is 0 Å². The molecule has 0 fully saturated rings. The average molecular weight is 273 g/mol. The summed E-state index contributed by atoms with van der Waals surface area (Å²) in [7, 11) is 0. The molecule has 5 heteroatoms. The highest BCUT2D eigenvalue weighted by atomic mass is 16.5. The van der Waals surface area contributed by atoms with E-state index in [1.54, 1.807) is 0 Å². The van der Waals surface area contributed by atoms with Crippen LogP contribution in [-0.2, 0) is 6.54 Å². The smallest absolute Gasteiger partial charge is 0.269 e. The molecule has 0 bridgehead atoms. The van der Waals surface area contributed by atoms with Gasteiger partial charge < -0.3 is 10.1 Å². The second-order valence-electron chi connectivity index (χ2n) is 4.36. The number of benzene rings is 1. The number of ether oxygens (including phenoxy) is 1. The summed E-state index contributed by atoms with van der Waals surface area (Å²) < 4.78 is 7.01. The van der Waals surface area contributed by atoms with Gasteiger partial charge in [-0.25, -0.2) is 4.68 Å². The van der Waals surface area contributed by atoms with E-state index in [1.807, 2.05) is 44.2 Å². The molecule has 0 amide bonds. The zero-order valence-corrected chi connectivity index (χ0v) is 11.8. The van der Waals surface area contributed by atoms with E-state index < -0.39 is 0 Å². The number of nitrogens with zero attached hydrogens (tertiary/aromatic N) is 2. The van der Waals surface area contributed by atoms with Crippen LogP contribution in [0.4, 0.5) is 11.4 Å². The van der Waals surface area contributed by atoms with Crippen molar-refractivity contribution < 1.29 is 4.74 Å². The van der Waals surface area contributed by atoms with Crippen molar-refractivity contribution in [3.8, 4) is 5.88 Å². The molecule has 0 unspecified atom stereocenters. The van der Waals surface area contributed by atoms with Crippen molar-refractivity contribution in [3.63, 3.8) is 0 Å². The molecular formula is C15H19N3O2. The van der Waals surface area contributed by atoms with Gasteiger partial charge in [0.25, 0.3) is 11.4 Å². The second kappa shape index (κ2) is 6.75. The van der Waals surface area contributed by atoms with Crippen molar-refractivity contribution in [2.45, 2.75) is 26.8 Å². The number of nitrogens with one attached hydrogen (secondary N) is 1. The highest BCUT2D eigenvalue weighted by Crippen LogP contribution is 2.23. The summed E-state index contributed by atoms with van der Waals surface area (Å²) in [5.41, 5.74) is 1.35. The van der Waals surface area contributed by atoms with E-state index in [0.717, 1.165) is 12.1 Å². The predicted molar refractivity (Wildman–Crippen MR) is 79.7 cm³/mol. The van der Waals surface area contributed by atoms with Gasteiger partial charge in [-0.15, -0.1) is 5.10 Å². The van der Waals surface area contributed by atoms with Gasteiger partial charge in [0.15, 0.2) is 0 Å². The first-order valence-electron chi connectivity index (χ1n) is 6.81. The first-order valence-corrected chi connectivity index (χ1v) is 6.81. The lowest BCUT2D eigenvalue weighted by atomic mass is 10.3. The van der Waals surface area contributed by atoms with Crippen LogP contribution >= 0.6 is 0 Å². The van der Waals surface area contributed by atoms with E-state index in [1.165, 1.54) is 10.7 Å². The molecule has 20 heavy (non-hydrogen) atoms. The standard InChI is InChI=1S/C15H19N3O2/c1-3-10-20-15-13(11-14(19)18(4-2)17-15)16-12-8-6-5-7-9-12/h5-9,11,16H,3-4,10H2,1-2H3. The fourth-order valence-electron chi connectivity index (χ4n) is 1.77. The van der Waals surface area contributed by atoms with E-state index in [2.05, 4.69) is 10.4 Å². The van der Waals surface area contributed by atoms with Crippen molar-refractivity contribution in [1.82, 2.24) is 9.78 Å². The quantitative estimate of drug-likeness (QED) is 0.879. The van der Waals surface area contributed by atoms with E-state index in [0.29, 0.717) is 24.7 Å². The maximum Gasteiger partial charge on any atom is 0.269 e. The fraction of sp³-hybridized carbons (Fsp3) is 0.333. The summed E-state index contributed by atoms with van der Waals surface area (Å²) >= 11 is 0. The summed E-state index contributed by atoms with van der Waals surface area (Å²) in [6.07, 6.45) is 0.887. The van der Waals surface area contributed by atoms with Gasteiger partial charge in [-0.1, -0.05) is 25.1 Å². The van der Waals surface area contributed by atoms with Crippen molar-refractivity contribution in [2.24, 2.45) is 0 Å². The fourth-order valence-corrected chi connectivity index (χ4v) is 1.77. The zero-order valence-electron chi connectivity index (χ0n) is 11.8. The van der Waals surface area contributed by atoms with Gasteiger partial charge in [0.1, 0.15) is 5.69 Å². The monoisotopic (exact) mass is 273 g/mol. The normalized spacial score (nSPS) is 10.3. The van der Waals surface area contributed by atoms with Crippen molar-refractivity contribution in [3.05, 3.63) is 46.8 Å². The minimum Gasteiger partial charge on any atom is -0.475 e. The van der Waals surface area contributed by atoms with Gasteiger partial charge in [0.2, 0.25) is 0 Å². The maximum absolute atomic E-state index is 11.9. The summed E-state index contributed by atoms with van der Waals surface area (Å²) in [5.74, 6) is 0.456. The third-order valence-electron chi connectivity index (χ3n) is 2.76. The summed E-state index contributed by atoms with van der Waals surface area (Å²) in [6.45, 7) is 4.99. The van der Waals surface area contributed by atoms with Crippen LogP contribution in [0.5, 0.6) is 5.88 Å². The van der Waals surface area contributed by atoms with Gasteiger partial charge in [-0.05, 0) is 25.5 Å². The maximum atomic E-state index is 11.9. The average Bonchev–Trinajstić information content (AvgIpc) is 2.47. The molecule has 0 radical (unpaired) electrons. The molecule has 5 nitrogen and oxygen atoms in total. The van der Waals surface area contributed by atoms with Crippen LogP contribution in [0.15, 0.2) is 41.2 Å². The van der Waals surface area contributed by atoms with E-state index >= 15 is 0 Å². The highest BCUT2D eigenvalue weighted by molar-refractivity contribution is 5.63. The van der Waals surface area contributed by atoms with Gasteiger partial charge >= 0.3 is 0 Å². The molecule has 0 aliphatic rings. The van der Waals surface area contributed by atoms with Crippen molar-refractivity contribution in [2.75, 3.05) is 11.9 Å². The van der Waals surface area contributed by atoms with Crippen LogP contribution in [0.1, 0.15) is 20.3 Å². The third-order valence-corrected chi connectivity index (χ3v) is 2.76. The lowest BCUT2D eigenvalue weighted by Gasteiger charge is -2.13. The summed E-state index contributed by atoms with van der Waals surface area (Å²) in [5, 5.41) is 7.42. The Labute approximate surface area is 118 Å². The first kappa shape index (κ1) is 14.1. The third kappa shape index (κ3) is 3.38. The number of rotatable bonds is 6. The molecule has 1 heterocycles. The van der Waals surface area contributed by atoms with Crippen molar-refractivity contribution >= 4 is 11.4 Å². The highest BCUT2D eigenvalue weighted by Gasteiger charge is 2.09. The Bertz CT molecular complexity index is 608. The van der Waals surface area contributed by atoms with E-state index in [4.69, 9.17) is 4.74 Å². The lowest BCUT2D eigenvalue weighted by Crippen LogP contribution is -2.22. The molecule has 0 saturated heterocycles.